The number of aromatic nitrogens is 1. The molecule has 1 amide bonds. The predicted molar refractivity (Wildman–Crippen MR) is 152 cm³/mol. The Kier molecular flexibility index (Phi) is 11.7. The van der Waals surface area contributed by atoms with Crippen LogP contribution < -0.4 is 10.9 Å². The van der Waals surface area contributed by atoms with E-state index in [1.54, 1.807) is 44.2 Å². The van der Waals surface area contributed by atoms with Crippen molar-refractivity contribution in [2.24, 2.45) is 5.92 Å². The van der Waals surface area contributed by atoms with Crippen molar-refractivity contribution in [3.8, 4) is 0 Å². The summed E-state index contributed by atoms with van der Waals surface area (Å²) in [5, 5.41) is 12.1. The highest BCUT2D eigenvalue weighted by molar-refractivity contribution is 6.30. The number of aromatic amines is 1. The number of benzene rings is 2. The molecule has 1 aliphatic rings. The highest BCUT2D eigenvalue weighted by atomic mass is 35.5. The summed E-state index contributed by atoms with van der Waals surface area (Å²) in [5.74, 6) is -1.96. The molecule has 0 saturated carbocycles. The number of nitrogens with zero attached hydrogens (tertiary/aromatic N) is 1. The predicted octanol–water partition coefficient (Wildman–Crippen LogP) is 3.13. The van der Waals surface area contributed by atoms with E-state index in [9.17, 15) is 19.2 Å². The summed E-state index contributed by atoms with van der Waals surface area (Å²) in [6.07, 6.45) is 0.111. The van der Waals surface area contributed by atoms with E-state index in [2.05, 4.69) is 15.2 Å². The maximum atomic E-state index is 13.0. The summed E-state index contributed by atoms with van der Waals surface area (Å²) < 4.78 is 10.9. The van der Waals surface area contributed by atoms with E-state index in [0.29, 0.717) is 41.4 Å². The number of carbonyl (C=O) groups is 3. The van der Waals surface area contributed by atoms with Crippen LogP contribution in [0.4, 0.5) is 0 Å². The van der Waals surface area contributed by atoms with Gasteiger partial charge in [-0.05, 0) is 35.9 Å². The van der Waals surface area contributed by atoms with Gasteiger partial charge >= 0.3 is 11.9 Å². The van der Waals surface area contributed by atoms with E-state index in [1.165, 1.54) is 6.07 Å². The molecule has 214 valence electrons. The second-order valence-electron chi connectivity index (χ2n) is 9.56. The fourth-order valence-corrected chi connectivity index (χ4v) is 4.03. The molecule has 4 rings (SSSR count). The molecule has 0 spiro atoms. The Bertz CT molecular complexity index is 1350. The SMILES string of the molecule is CC(C)C(=O)O.O=C(NC(Cc1cc(=O)[nH]c2ccccc12)C(=O)OCCN1CCOCC1)c1ccc(Cl)cc1. The van der Waals surface area contributed by atoms with Crippen molar-refractivity contribution >= 4 is 40.3 Å². The van der Waals surface area contributed by atoms with Gasteiger partial charge in [0.25, 0.3) is 5.91 Å². The van der Waals surface area contributed by atoms with E-state index in [4.69, 9.17) is 26.2 Å². The highest BCUT2D eigenvalue weighted by Crippen LogP contribution is 2.17. The number of H-pyrrole nitrogens is 1. The van der Waals surface area contributed by atoms with Crippen LogP contribution in [0.2, 0.25) is 5.02 Å². The van der Waals surface area contributed by atoms with Gasteiger partial charge in [-0.15, -0.1) is 0 Å². The maximum Gasteiger partial charge on any atom is 0.329 e. The van der Waals surface area contributed by atoms with E-state index in [-0.39, 0.29) is 24.5 Å². The third-order valence-electron chi connectivity index (χ3n) is 6.21. The molecule has 3 aromatic rings. The molecular weight excluding hydrogens is 538 g/mol. The summed E-state index contributed by atoms with van der Waals surface area (Å²) in [7, 11) is 0. The van der Waals surface area contributed by atoms with Gasteiger partial charge in [0.2, 0.25) is 5.56 Å². The van der Waals surface area contributed by atoms with Gasteiger partial charge in [0.15, 0.2) is 0 Å². The normalized spacial score (nSPS) is 14.2. The van der Waals surface area contributed by atoms with Crippen molar-refractivity contribution in [1.29, 1.82) is 0 Å². The van der Waals surface area contributed by atoms with Crippen molar-refractivity contribution in [3.05, 3.63) is 81.1 Å². The van der Waals surface area contributed by atoms with Crippen LogP contribution in [0.5, 0.6) is 0 Å². The Balaban J connectivity index is 0.000000663. The van der Waals surface area contributed by atoms with Gasteiger partial charge in [0.05, 0.1) is 19.1 Å². The zero-order valence-electron chi connectivity index (χ0n) is 22.5. The number of nitrogens with one attached hydrogen (secondary N) is 2. The van der Waals surface area contributed by atoms with Crippen molar-refractivity contribution < 1.29 is 29.0 Å². The molecule has 2 aromatic carbocycles. The number of pyridine rings is 1. The first kappa shape index (κ1) is 30.8. The molecule has 10 nitrogen and oxygen atoms in total. The number of ether oxygens (including phenoxy) is 2. The van der Waals surface area contributed by atoms with Crippen molar-refractivity contribution in [3.63, 3.8) is 0 Å². The lowest BCUT2D eigenvalue weighted by Crippen LogP contribution is -2.44. The number of carbonyl (C=O) groups excluding carboxylic acids is 2. The molecular formula is C29H34ClN3O7. The summed E-state index contributed by atoms with van der Waals surface area (Å²) in [4.78, 5) is 52.7. The number of fused-ring (bicyclic) bond motifs is 1. The van der Waals surface area contributed by atoms with Gasteiger partial charge in [0.1, 0.15) is 12.6 Å². The fourth-order valence-electron chi connectivity index (χ4n) is 3.90. The molecule has 0 aliphatic carbocycles. The number of morpholine rings is 1. The van der Waals surface area contributed by atoms with Crippen LogP contribution in [-0.2, 0) is 25.5 Å². The Hall–Kier alpha value is -3.73. The van der Waals surface area contributed by atoms with Gasteiger partial charge in [-0.1, -0.05) is 43.6 Å². The average molecular weight is 572 g/mol. The number of halogens is 1. The van der Waals surface area contributed by atoms with Crippen LogP contribution in [0.1, 0.15) is 29.8 Å². The lowest BCUT2D eigenvalue weighted by molar-refractivity contribution is -0.146. The first-order valence-corrected chi connectivity index (χ1v) is 13.4. The van der Waals surface area contributed by atoms with Crippen molar-refractivity contribution in [2.45, 2.75) is 26.3 Å². The Morgan fingerprint density at radius 1 is 1.10 bits per heavy atom. The number of aliphatic carboxylic acids is 1. The number of hydrogen-bond acceptors (Lipinski definition) is 7. The second kappa shape index (κ2) is 15.2. The highest BCUT2D eigenvalue weighted by Gasteiger charge is 2.25. The number of amides is 1. The molecule has 1 aliphatic heterocycles. The Labute approximate surface area is 237 Å². The van der Waals surface area contributed by atoms with Crippen LogP contribution in [0.25, 0.3) is 10.9 Å². The van der Waals surface area contributed by atoms with Crippen molar-refractivity contribution in [1.82, 2.24) is 15.2 Å². The molecule has 1 aromatic heterocycles. The molecule has 1 saturated heterocycles. The van der Waals surface area contributed by atoms with E-state index >= 15 is 0 Å². The topological polar surface area (TPSA) is 138 Å². The summed E-state index contributed by atoms with van der Waals surface area (Å²) >= 11 is 5.92. The molecule has 0 radical (unpaired) electrons. The fraction of sp³-hybridized carbons (Fsp3) is 0.379. The minimum Gasteiger partial charge on any atom is -0.481 e. The molecule has 1 unspecified atom stereocenters. The van der Waals surface area contributed by atoms with Crippen LogP contribution >= 0.6 is 11.6 Å². The monoisotopic (exact) mass is 571 g/mol. The summed E-state index contributed by atoms with van der Waals surface area (Å²) in [6.45, 7) is 6.95. The first-order chi connectivity index (χ1) is 19.1. The lowest BCUT2D eigenvalue weighted by Gasteiger charge is -2.26. The number of rotatable bonds is 9. The molecule has 1 fully saturated rings. The zero-order chi connectivity index (χ0) is 29.1. The molecule has 1 atom stereocenters. The molecule has 40 heavy (non-hydrogen) atoms. The number of para-hydroxylation sites is 1. The number of carboxylic acids is 1. The molecule has 11 heteroatoms. The summed E-state index contributed by atoms with van der Waals surface area (Å²) in [5.41, 5.74) is 1.39. The number of carboxylic acid groups (broad SMARTS) is 1. The van der Waals surface area contributed by atoms with Crippen LogP contribution in [0, 0.1) is 5.92 Å². The lowest BCUT2D eigenvalue weighted by atomic mass is 10.0. The van der Waals surface area contributed by atoms with Gasteiger partial charge in [0, 0.05) is 53.6 Å². The van der Waals surface area contributed by atoms with Gasteiger partial charge in [-0.25, -0.2) is 4.79 Å². The Morgan fingerprint density at radius 2 is 1.75 bits per heavy atom. The van der Waals surface area contributed by atoms with Gasteiger partial charge in [-0.3, -0.25) is 19.3 Å². The molecule has 0 bridgehead atoms. The summed E-state index contributed by atoms with van der Waals surface area (Å²) in [6, 6.07) is 14.2. The van der Waals surface area contributed by atoms with Crippen LogP contribution in [0.3, 0.4) is 0 Å². The first-order valence-electron chi connectivity index (χ1n) is 13.0. The average Bonchev–Trinajstić information content (AvgIpc) is 2.93. The smallest absolute Gasteiger partial charge is 0.329 e. The van der Waals surface area contributed by atoms with Gasteiger partial charge in [-0.2, -0.15) is 0 Å². The minimum atomic E-state index is -0.974. The number of hydrogen-bond donors (Lipinski definition) is 3. The minimum absolute atomic E-state index is 0.111. The van der Waals surface area contributed by atoms with E-state index in [1.807, 2.05) is 18.2 Å². The second-order valence-corrected chi connectivity index (χ2v) is 9.99. The Morgan fingerprint density at radius 3 is 2.40 bits per heavy atom. The molecule has 3 N–H and O–H groups in total. The van der Waals surface area contributed by atoms with Gasteiger partial charge < -0.3 is 24.9 Å². The zero-order valence-corrected chi connectivity index (χ0v) is 23.3. The third kappa shape index (κ3) is 9.48. The maximum absolute atomic E-state index is 13.0. The van der Waals surface area contributed by atoms with Crippen LogP contribution in [-0.4, -0.2) is 78.3 Å². The van der Waals surface area contributed by atoms with Crippen molar-refractivity contribution in [2.75, 3.05) is 39.5 Å². The van der Waals surface area contributed by atoms with E-state index in [0.717, 1.165) is 18.5 Å². The largest absolute Gasteiger partial charge is 0.481 e. The number of esters is 1. The van der Waals surface area contributed by atoms with E-state index < -0.39 is 23.9 Å². The van der Waals surface area contributed by atoms with Crippen LogP contribution in [0.15, 0.2) is 59.4 Å². The quantitative estimate of drug-likeness (QED) is 0.333. The third-order valence-corrected chi connectivity index (χ3v) is 6.46. The molecule has 2 heterocycles. The standard InChI is InChI=1S/C25H26ClN3O5.C4H8O2/c26-19-7-5-17(6-8-19)24(31)28-22(25(32)34-14-11-29-9-12-33-13-10-29)15-18-16-23(30)27-21-4-2-1-3-20(18)21;1-3(2)4(5)6/h1-8,16,22H,9-15H2,(H,27,30)(H,28,31);3H,1-2H3,(H,5,6).